The summed E-state index contributed by atoms with van der Waals surface area (Å²) in [4.78, 5) is 12.0. The van der Waals surface area contributed by atoms with Gasteiger partial charge in [0, 0.05) is 10.6 Å². The molecule has 0 aliphatic rings. The Labute approximate surface area is 109 Å². The van der Waals surface area contributed by atoms with Crippen LogP contribution < -0.4 is 0 Å². The fourth-order valence-corrected chi connectivity index (χ4v) is 1.71. The second-order valence-electron chi connectivity index (χ2n) is 3.87. The van der Waals surface area contributed by atoms with Gasteiger partial charge in [-0.25, -0.2) is 0 Å². The second kappa shape index (κ2) is 5.21. The first-order valence-electron chi connectivity index (χ1n) is 5.34. The summed E-state index contributed by atoms with van der Waals surface area (Å²) in [5.41, 5.74) is 0.827. The second-order valence-corrected chi connectivity index (χ2v) is 4.30. The molecule has 0 saturated carbocycles. The van der Waals surface area contributed by atoms with Crippen molar-refractivity contribution in [1.82, 2.24) is 0 Å². The molecule has 0 aliphatic carbocycles. The summed E-state index contributed by atoms with van der Waals surface area (Å²) in [6.45, 7) is 0. The summed E-state index contributed by atoms with van der Waals surface area (Å²) in [5.74, 6) is -0.343. The largest absolute Gasteiger partial charge is 0.508 e. The third-order valence-corrected chi connectivity index (χ3v) is 2.84. The predicted molar refractivity (Wildman–Crippen MR) is 68.8 cm³/mol. The highest BCUT2D eigenvalue weighted by Gasteiger charge is 2.18. The molecule has 2 N–H and O–H groups in total. The van der Waals surface area contributed by atoms with Gasteiger partial charge in [0.25, 0.3) is 0 Å². The molecule has 2 aromatic rings. The molecule has 0 aliphatic heterocycles. The van der Waals surface area contributed by atoms with Crippen molar-refractivity contribution in [1.29, 1.82) is 0 Å². The normalized spacial score (nSPS) is 12.1. The summed E-state index contributed by atoms with van der Waals surface area (Å²) >= 11 is 5.74. The van der Waals surface area contributed by atoms with E-state index in [1.54, 1.807) is 24.3 Å². The van der Waals surface area contributed by atoms with Crippen LogP contribution in [0.25, 0.3) is 0 Å². The van der Waals surface area contributed by atoms with Gasteiger partial charge in [-0.2, -0.15) is 0 Å². The lowest BCUT2D eigenvalue weighted by Crippen LogP contribution is -2.12. The average Bonchev–Trinajstić information content (AvgIpc) is 2.39. The van der Waals surface area contributed by atoms with E-state index in [2.05, 4.69) is 0 Å². The van der Waals surface area contributed by atoms with Gasteiger partial charge >= 0.3 is 0 Å². The number of ketones is 1. The zero-order chi connectivity index (χ0) is 13.1. The molecular formula is C14H11ClO3. The van der Waals surface area contributed by atoms with Crippen LogP contribution >= 0.6 is 11.6 Å². The van der Waals surface area contributed by atoms with Gasteiger partial charge in [0.2, 0.25) is 0 Å². The van der Waals surface area contributed by atoms with E-state index >= 15 is 0 Å². The first-order chi connectivity index (χ1) is 8.58. The molecule has 0 aromatic heterocycles. The number of aliphatic hydroxyl groups excluding tert-OH is 1. The van der Waals surface area contributed by atoms with Gasteiger partial charge < -0.3 is 10.2 Å². The van der Waals surface area contributed by atoms with Crippen LogP contribution in [0.1, 0.15) is 22.0 Å². The molecule has 2 aromatic carbocycles. The van der Waals surface area contributed by atoms with Crippen molar-refractivity contribution in [2.24, 2.45) is 0 Å². The molecule has 0 saturated heterocycles. The summed E-state index contributed by atoms with van der Waals surface area (Å²) in [6.07, 6.45) is -1.23. The van der Waals surface area contributed by atoms with Crippen molar-refractivity contribution < 1.29 is 15.0 Å². The highest BCUT2D eigenvalue weighted by molar-refractivity contribution is 6.30. The fraction of sp³-hybridized carbons (Fsp3) is 0.0714. The number of phenolic OH excluding ortho intramolecular Hbond substituents is 1. The maximum absolute atomic E-state index is 12.0. The smallest absolute Gasteiger partial charge is 0.195 e. The summed E-state index contributed by atoms with van der Waals surface area (Å²) in [5, 5.41) is 19.6. The summed E-state index contributed by atoms with van der Waals surface area (Å²) in [6, 6.07) is 12.2. The standard InChI is InChI=1S/C14H11ClO3/c15-11-5-1-9(2-6-11)13(17)14(18)10-3-7-12(16)8-4-10/h1-8,13,16-17H. The van der Waals surface area contributed by atoms with Crippen molar-refractivity contribution >= 4 is 17.4 Å². The van der Waals surface area contributed by atoms with E-state index in [1.165, 1.54) is 24.3 Å². The fourth-order valence-electron chi connectivity index (χ4n) is 1.58. The minimum atomic E-state index is -1.23. The van der Waals surface area contributed by atoms with E-state index in [0.717, 1.165) is 0 Å². The van der Waals surface area contributed by atoms with Crippen LogP contribution in [0, 0.1) is 0 Å². The minimum absolute atomic E-state index is 0.0764. The van der Waals surface area contributed by atoms with Gasteiger partial charge in [-0.3, -0.25) is 4.79 Å². The Bertz CT molecular complexity index is 546. The van der Waals surface area contributed by atoms with E-state index in [-0.39, 0.29) is 5.75 Å². The lowest BCUT2D eigenvalue weighted by Gasteiger charge is -2.10. The zero-order valence-corrected chi connectivity index (χ0v) is 10.1. The van der Waals surface area contributed by atoms with Gasteiger partial charge in [-0.1, -0.05) is 23.7 Å². The molecule has 2 rings (SSSR count). The van der Waals surface area contributed by atoms with Crippen molar-refractivity contribution in [2.75, 3.05) is 0 Å². The van der Waals surface area contributed by atoms with E-state index in [1.807, 2.05) is 0 Å². The van der Waals surface area contributed by atoms with Gasteiger partial charge in [0.15, 0.2) is 5.78 Å². The summed E-state index contributed by atoms with van der Waals surface area (Å²) < 4.78 is 0. The van der Waals surface area contributed by atoms with Crippen molar-refractivity contribution in [3.8, 4) is 5.75 Å². The lowest BCUT2D eigenvalue weighted by molar-refractivity contribution is 0.0747. The average molecular weight is 263 g/mol. The van der Waals surface area contributed by atoms with E-state index in [4.69, 9.17) is 16.7 Å². The predicted octanol–water partition coefficient (Wildman–Crippen LogP) is 2.96. The van der Waals surface area contributed by atoms with Crippen molar-refractivity contribution in [2.45, 2.75) is 6.10 Å². The molecule has 92 valence electrons. The summed E-state index contributed by atoms with van der Waals surface area (Å²) in [7, 11) is 0. The molecule has 4 heteroatoms. The van der Waals surface area contributed by atoms with Crippen LogP contribution in [0.15, 0.2) is 48.5 Å². The Morgan fingerprint density at radius 3 is 2.11 bits per heavy atom. The quantitative estimate of drug-likeness (QED) is 0.836. The number of aromatic hydroxyl groups is 1. The van der Waals surface area contributed by atoms with E-state index < -0.39 is 11.9 Å². The monoisotopic (exact) mass is 262 g/mol. The number of halogens is 1. The van der Waals surface area contributed by atoms with Crippen LogP contribution in [-0.2, 0) is 0 Å². The lowest BCUT2D eigenvalue weighted by atomic mass is 10.00. The van der Waals surface area contributed by atoms with Gasteiger partial charge in [0.05, 0.1) is 0 Å². The van der Waals surface area contributed by atoms with E-state index in [0.29, 0.717) is 16.1 Å². The van der Waals surface area contributed by atoms with Crippen molar-refractivity contribution in [3.63, 3.8) is 0 Å². The number of phenols is 1. The van der Waals surface area contributed by atoms with Crippen LogP contribution in [0.2, 0.25) is 5.02 Å². The molecule has 0 heterocycles. The van der Waals surface area contributed by atoms with Crippen LogP contribution in [0.5, 0.6) is 5.75 Å². The molecule has 0 amide bonds. The topological polar surface area (TPSA) is 57.5 Å². The molecule has 1 atom stereocenters. The first kappa shape index (κ1) is 12.6. The Morgan fingerprint density at radius 2 is 1.56 bits per heavy atom. The van der Waals surface area contributed by atoms with Gasteiger partial charge in [-0.15, -0.1) is 0 Å². The SMILES string of the molecule is O=C(c1ccc(O)cc1)C(O)c1ccc(Cl)cc1. The number of carbonyl (C=O) groups is 1. The van der Waals surface area contributed by atoms with Crippen molar-refractivity contribution in [3.05, 3.63) is 64.7 Å². The molecule has 0 fully saturated rings. The third kappa shape index (κ3) is 2.70. The molecule has 0 bridgehead atoms. The number of carbonyl (C=O) groups excluding carboxylic acids is 1. The highest BCUT2D eigenvalue weighted by atomic mass is 35.5. The number of Topliss-reactive ketones (excluding diaryl/α,β-unsaturated/α-hetero) is 1. The maximum Gasteiger partial charge on any atom is 0.195 e. The third-order valence-electron chi connectivity index (χ3n) is 2.59. The Morgan fingerprint density at radius 1 is 1.00 bits per heavy atom. The number of rotatable bonds is 3. The van der Waals surface area contributed by atoms with Crippen LogP contribution in [0.4, 0.5) is 0 Å². The zero-order valence-electron chi connectivity index (χ0n) is 9.38. The molecule has 0 radical (unpaired) electrons. The molecule has 18 heavy (non-hydrogen) atoms. The Balaban J connectivity index is 2.23. The van der Waals surface area contributed by atoms with Crippen LogP contribution in [-0.4, -0.2) is 16.0 Å². The first-order valence-corrected chi connectivity index (χ1v) is 5.72. The molecule has 1 unspecified atom stereocenters. The molecule has 3 nitrogen and oxygen atoms in total. The number of aliphatic hydroxyl groups is 1. The van der Waals surface area contributed by atoms with Crippen LogP contribution in [0.3, 0.4) is 0 Å². The van der Waals surface area contributed by atoms with Gasteiger partial charge in [-0.05, 0) is 42.0 Å². The number of benzene rings is 2. The number of hydrogen-bond donors (Lipinski definition) is 2. The van der Waals surface area contributed by atoms with E-state index in [9.17, 15) is 9.90 Å². The highest BCUT2D eigenvalue weighted by Crippen LogP contribution is 2.21. The molecule has 0 spiro atoms. The number of hydrogen-bond acceptors (Lipinski definition) is 3. The maximum atomic E-state index is 12.0. The molecular weight excluding hydrogens is 252 g/mol. The minimum Gasteiger partial charge on any atom is -0.508 e. The van der Waals surface area contributed by atoms with Gasteiger partial charge in [0.1, 0.15) is 11.9 Å². The Hall–Kier alpha value is -1.84. The Kier molecular flexibility index (Phi) is 3.65.